The molecule has 1 saturated heterocycles. The van der Waals surface area contributed by atoms with E-state index in [4.69, 9.17) is 4.74 Å². The highest BCUT2D eigenvalue weighted by atomic mass is 16.6. The molecule has 1 aromatic heterocycles. The topological polar surface area (TPSA) is 105 Å². The Morgan fingerprint density at radius 2 is 2.00 bits per heavy atom. The van der Waals surface area contributed by atoms with Gasteiger partial charge in [0.1, 0.15) is 17.8 Å². The Balaban J connectivity index is 1.58. The number of morpholine rings is 1. The summed E-state index contributed by atoms with van der Waals surface area (Å²) in [5, 5.41) is 18.5. The molecule has 0 amide bonds. The number of nitrogens with one attached hydrogen (secondary N) is 2. The molecule has 0 saturated carbocycles. The van der Waals surface area contributed by atoms with Gasteiger partial charge in [0, 0.05) is 43.3 Å². The summed E-state index contributed by atoms with van der Waals surface area (Å²) in [4.78, 5) is 22.0. The van der Waals surface area contributed by atoms with Gasteiger partial charge in [-0.1, -0.05) is 12.1 Å². The van der Waals surface area contributed by atoms with Crippen LogP contribution in [0.3, 0.4) is 0 Å². The lowest BCUT2D eigenvalue weighted by Gasteiger charge is -2.29. The van der Waals surface area contributed by atoms with Crippen LogP contribution in [0.4, 0.5) is 22.9 Å². The number of nitro benzene ring substituents is 1. The van der Waals surface area contributed by atoms with Crippen LogP contribution in [0.1, 0.15) is 12.5 Å². The standard InChI is InChI=1S/C21H24N6O3/c1-2-22-19-12-18-17(11-20(19)27(28)29)21(25-14-24-18)23-13-15-4-3-5-16(10-15)26-6-8-30-9-7-26/h3-5,10-12,14,22H,2,6-9,13H2,1H3,(H,23,24,25). The summed E-state index contributed by atoms with van der Waals surface area (Å²) < 4.78 is 5.43. The van der Waals surface area contributed by atoms with Crippen molar-refractivity contribution >= 4 is 33.8 Å². The van der Waals surface area contributed by atoms with E-state index in [0.29, 0.717) is 35.5 Å². The fourth-order valence-electron chi connectivity index (χ4n) is 3.59. The van der Waals surface area contributed by atoms with Crippen LogP contribution in [0.25, 0.3) is 10.9 Å². The van der Waals surface area contributed by atoms with Crippen molar-refractivity contribution in [3.8, 4) is 0 Å². The molecule has 3 aromatic rings. The molecule has 0 atom stereocenters. The number of hydrogen-bond donors (Lipinski definition) is 2. The van der Waals surface area contributed by atoms with Gasteiger partial charge in [0.2, 0.25) is 0 Å². The molecule has 0 spiro atoms. The van der Waals surface area contributed by atoms with E-state index in [2.05, 4.69) is 37.6 Å². The van der Waals surface area contributed by atoms with Gasteiger partial charge >= 0.3 is 0 Å². The van der Waals surface area contributed by atoms with Gasteiger partial charge in [-0.25, -0.2) is 9.97 Å². The van der Waals surface area contributed by atoms with Gasteiger partial charge in [-0.2, -0.15) is 0 Å². The SMILES string of the molecule is CCNc1cc2ncnc(NCc3cccc(N4CCOCC4)c3)c2cc1[N+](=O)[O-]. The van der Waals surface area contributed by atoms with Crippen LogP contribution in [-0.4, -0.2) is 47.7 Å². The van der Waals surface area contributed by atoms with E-state index < -0.39 is 0 Å². The van der Waals surface area contributed by atoms with E-state index in [-0.39, 0.29) is 10.6 Å². The van der Waals surface area contributed by atoms with E-state index >= 15 is 0 Å². The van der Waals surface area contributed by atoms with Gasteiger partial charge in [-0.05, 0) is 30.7 Å². The maximum Gasteiger partial charge on any atom is 0.293 e. The highest BCUT2D eigenvalue weighted by Gasteiger charge is 2.17. The van der Waals surface area contributed by atoms with Crippen molar-refractivity contribution in [2.75, 3.05) is 48.4 Å². The minimum Gasteiger partial charge on any atom is -0.380 e. The highest BCUT2D eigenvalue weighted by molar-refractivity contribution is 5.94. The minimum absolute atomic E-state index is 0.0107. The van der Waals surface area contributed by atoms with Crippen LogP contribution in [0.2, 0.25) is 0 Å². The Morgan fingerprint density at radius 1 is 1.17 bits per heavy atom. The third-order valence-corrected chi connectivity index (χ3v) is 5.06. The average Bonchev–Trinajstić information content (AvgIpc) is 2.78. The normalized spacial score (nSPS) is 14.0. The molecule has 9 nitrogen and oxygen atoms in total. The monoisotopic (exact) mass is 408 g/mol. The molecule has 1 aliphatic heterocycles. The van der Waals surface area contributed by atoms with Crippen molar-refractivity contribution in [3.63, 3.8) is 0 Å². The van der Waals surface area contributed by atoms with Crippen LogP contribution in [-0.2, 0) is 11.3 Å². The molecular formula is C21H24N6O3. The number of benzene rings is 2. The Morgan fingerprint density at radius 3 is 2.77 bits per heavy atom. The molecule has 1 fully saturated rings. The van der Waals surface area contributed by atoms with Gasteiger partial charge in [0.15, 0.2) is 0 Å². The number of fused-ring (bicyclic) bond motifs is 1. The van der Waals surface area contributed by atoms with E-state index in [0.717, 1.165) is 37.6 Å². The first kappa shape index (κ1) is 19.8. The lowest BCUT2D eigenvalue weighted by Crippen LogP contribution is -2.36. The summed E-state index contributed by atoms with van der Waals surface area (Å²) in [5.74, 6) is 0.572. The van der Waals surface area contributed by atoms with E-state index in [1.54, 1.807) is 6.07 Å². The Hall–Kier alpha value is -3.46. The largest absolute Gasteiger partial charge is 0.380 e. The predicted molar refractivity (Wildman–Crippen MR) is 117 cm³/mol. The lowest BCUT2D eigenvalue weighted by atomic mass is 10.1. The van der Waals surface area contributed by atoms with Crippen LogP contribution >= 0.6 is 0 Å². The van der Waals surface area contributed by atoms with E-state index in [1.807, 2.05) is 19.1 Å². The van der Waals surface area contributed by atoms with Gasteiger partial charge in [0.25, 0.3) is 5.69 Å². The smallest absolute Gasteiger partial charge is 0.293 e. The molecule has 0 bridgehead atoms. The second kappa shape index (κ2) is 8.91. The van der Waals surface area contributed by atoms with Crippen molar-refractivity contribution in [1.82, 2.24) is 9.97 Å². The summed E-state index contributed by atoms with van der Waals surface area (Å²) in [6.45, 7) is 6.27. The second-order valence-electron chi connectivity index (χ2n) is 7.02. The zero-order valence-corrected chi connectivity index (χ0v) is 16.8. The molecule has 2 heterocycles. The third kappa shape index (κ3) is 4.25. The van der Waals surface area contributed by atoms with Gasteiger partial charge in [0.05, 0.1) is 23.7 Å². The maximum absolute atomic E-state index is 11.5. The Kier molecular flexibility index (Phi) is 5.89. The minimum atomic E-state index is -0.389. The second-order valence-corrected chi connectivity index (χ2v) is 7.02. The number of nitro groups is 1. The van der Waals surface area contributed by atoms with Gasteiger partial charge < -0.3 is 20.3 Å². The zero-order valence-electron chi connectivity index (χ0n) is 16.8. The Labute approximate surface area is 174 Å². The fourth-order valence-corrected chi connectivity index (χ4v) is 3.59. The zero-order chi connectivity index (χ0) is 20.9. The predicted octanol–water partition coefficient (Wildman–Crippen LogP) is 3.42. The molecule has 0 radical (unpaired) electrons. The summed E-state index contributed by atoms with van der Waals surface area (Å²) in [6, 6.07) is 11.6. The number of anilines is 3. The average molecular weight is 408 g/mol. The molecule has 9 heteroatoms. The lowest BCUT2D eigenvalue weighted by molar-refractivity contribution is -0.383. The molecule has 30 heavy (non-hydrogen) atoms. The summed E-state index contributed by atoms with van der Waals surface area (Å²) in [6.07, 6.45) is 1.47. The first-order valence-electron chi connectivity index (χ1n) is 9.98. The number of rotatable bonds is 7. The van der Waals surface area contributed by atoms with Crippen molar-refractivity contribution in [1.29, 1.82) is 0 Å². The summed E-state index contributed by atoms with van der Waals surface area (Å²) in [7, 11) is 0. The number of ether oxygens (including phenoxy) is 1. The molecule has 2 N–H and O–H groups in total. The third-order valence-electron chi connectivity index (χ3n) is 5.06. The maximum atomic E-state index is 11.5. The van der Waals surface area contributed by atoms with Crippen molar-refractivity contribution in [2.24, 2.45) is 0 Å². The molecule has 2 aromatic carbocycles. The van der Waals surface area contributed by atoms with Crippen LogP contribution in [0.15, 0.2) is 42.7 Å². The van der Waals surface area contributed by atoms with E-state index in [1.165, 1.54) is 12.4 Å². The molecule has 1 aliphatic rings. The molecule has 0 unspecified atom stereocenters. The van der Waals surface area contributed by atoms with Crippen molar-refractivity contribution in [3.05, 3.63) is 58.4 Å². The van der Waals surface area contributed by atoms with Gasteiger partial charge in [-0.15, -0.1) is 0 Å². The molecular weight excluding hydrogens is 384 g/mol. The number of aromatic nitrogens is 2. The molecule has 4 rings (SSSR count). The van der Waals surface area contributed by atoms with Crippen molar-refractivity contribution in [2.45, 2.75) is 13.5 Å². The fraction of sp³-hybridized carbons (Fsp3) is 0.333. The number of nitrogens with zero attached hydrogens (tertiary/aromatic N) is 4. The van der Waals surface area contributed by atoms with Crippen molar-refractivity contribution < 1.29 is 9.66 Å². The first-order chi connectivity index (χ1) is 14.7. The summed E-state index contributed by atoms with van der Waals surface area (Å²) >= 11 is 0. The molecule has 0 aliphatic carbocycles. The quantitative estimate of drug-likeness (QED) is 0.453. The highest BCUT2D eigenvalue weighted by Crippen LogP contribution is 2.32. The molecule has 156 valence electrons. The van der Waals surface area contributed by atoms with Gasteiger partial charge in [-0.3, -0.25) is 10.1 Å². The summed E-state index contributed by atoms with van der Waals surface area (Å²) in [5.41, 5.74) is 3.38. The van der Waals surface area contributed by atoms with E-state index in [9.17, 15) is 10.1 Å². The first-order valence-corrected chi connectivity index (χ1v) is 9.98. The Bertz CT molecular complexity index is 1050. The van der Waals surface area contributed by atoms with Crippen LogP contribution in [0, 0.1) is 10.1 Å². The van der Waals surface area contributed by atoms with Crippen LogP contribution in [0.5, 0.6) is 0 Å². The van der Waals surface area contributed by atoms with Crippen LogP contribution < -0.4 is 15.5 Å². The number of hydrogen-bond acceptors (Lipinski definition) is 8.